The average Bonchev–Trinajstić information content (AvgIpc) is 2.92. The molecule has 0 unspecified atom stereocenters. The molecular weight excluding hydrogens is 334 g/mol. The number of rotatable bonds is 6. The zero-order chi connectivity index (χ0) is 17.9. The van der Waals surface area contributed by atoms with Crippen molar-refractivity contribution in [2.24, 2.45) is 5.92 Å². The van der Waals surface area contributed by atoms with Crippen LogP contribution in [0.15, 0.2) is 18.2 Å². The molecule has 0 aliphatic carbocycles. The van der Waals surface area contributed by atoms with Crippen molar-refractivity contribution in [1.82, 2.24) is 10.6 Å². The molecule has 1 aliphatic rings. The van der Waals surface area contributed by atoms with Crippen LogP contribution in [0.4, 0.5) is 10.5 Å². The summed E-state index contributed by atoms with van der Waals surface area (Å²) in [4.78, 5) is 37.0. The summed E-state index contributed by atoms with van der Waals surface area (Å²) < 4.78 is 0. The number of carbonyl (C=O) groups excluding carboxylic acids is 2. The van der Waals surface area contributed by atoms with E-state index < -0.39 is 17.9 Å². The molecule has 1 atom stereocenters. The van der Waals surface area contributed by atoms with Crippen LogP contribution >= 0.6 is 11.6 Å². The number of anilines is 1. The molecule has 8 heteroatoms. The lowest BCUT2D eigenvalue weighted by molar-refractivity contribution is -0.139. The van der Waals surface area contributed by atoms with Crippen molar-refractivity contribution < 1.29 is 19.5 Å². The van der Waals surface area contributed by atoms with Gasteiger partial charge < -0.3 is 15.7 Å². The van der Waals surface area contributed by atoms with E-state index in [-0.39, 0.29) is 22.5 Å². The monoisotopic (exact) mass is 353 g/mol. The maximum absolute atomic E-state index is 12.4. The first-order valence-corrected chi connectivity index (χ1v) is 8.06. The zero-order valence-corrected chi connectivity index (χ0v) is 14.3. The van der Waals surface area contributed by atoms with Crippen LogP contribution in [0.25, 0.3) is 0 Å². The van der Waals surface area contributed by atoms with Gasteiger partial charge in [-0.2, -0.15) is 0 Å². The summed E-state index contributed by atoms with van der Waals surface area (Å²) in [7, 11) is 0. The summed E-state index contributed by atoms with van der Waals surface area (Å²) in [5, 5.41) is 14.6. The van der Waals surface area contributed by atoms with Crippen LogP contribution < -0.4 is 15.5 Å². The Balaban J connectivity index is 2.21. The number of nitrogens with zero attached hydrogens (tertiary/aromatic N) is 1. The molecule has 0 radical (unpaired) electrons. The molecular formula is C16H20ClN3O4. The molecule has 1 saturated heterocycles. The first-order valence-electron chi connectivity index (χ1n) is 7.68. The first-order chi connectivity index (χ1) is 11.3. The van der Waals surface area contributed by atoms with Gasteiger partial charge >= 0.3 is 12.0 Å². The number of aliphatic carboxylic acids is 1. The van der Waals surface area contributed by atoms with E-state index in [2.05, 4.69) is 10.6 Å². The van der Waals surface area contributed by atoms with Crippen molar-refractivity contribution in [2.75, 3.05) is 18.0 Å². The van der Waals surface area contributed by atoms with E-state index in [1.54, 1.807) is 6.07 Å². The highest BCUT2D eigenvalue weighted by Crippen LogP contribution is 2.24. The van der Waals surface area contributed by atoms with E-state index in [0.717, 1.165) is 0 Å². The third-order valence-electron chi connectivity index (χ3n) is 3.67. The van der Waals surface area contributed by atoms with Crippen molar-refractivity contribution in [3.63, 3.8) is 0 Å². The highest BCUT2D eigenvalue weighted by Gasteiger charge is 2.25. The van der Waals surface area contributed by atoms with Crippen molar-refractivity contribution in [3.8, 4) is 0 Å². The van der Waals surface area contributed by atoms with Gasteiger partial charge in [0, 0.05) is 18.8 Å². The molecule has 1 fully saturated rings. The van der Waals surface area contributed by atoms with Gasteiger partial charge in [-0.15, -0.1) is 0 Å². The van der Waals surface area contributed by atoms with Crippen LogP contribution in [0.1, 0.15) is 30.6 Å². The molecule has 2 rings (SSSR count). The van der Waals surface area contributed by atoms with E-state index in [9.17, 15) is 19.5 Å². The predicted octanol–water partition coefficient (Wildman–Crippen LogP) is 2.10. The van der Waals surface area contributed by atoms with Crippen LogP contribution in [0, 0.1) is 5.92 Å². The number of amides is 3. The van der Waals surface area contributed by atoms with E-state index in [1.165, 1.54) is 17.0 Å². The standard InChI is InChI=1S/C16H20ClN3O4/c1-9(2)7-13(15(22)23)19-14(21)11-8-10(3-4-12(11)17)20-6-5-18-16(20)24/h3-4,8-9,13H,5-7H2,1-2H3,(H,18,24)(H,19,21)(H,22,23)/t13-/m0/s1. The number of hydrogen-bond acceptors (Lipinski definition) is 3. The number of urea groups is 1. The summed E-state index contributed by atoms with van der Waals surface area (Å²) in [5.41, 5.74) is 0.680. The third kappa shape index (κ3) is 4.17. The summed E-state index contributed by atoms with van der Waals surface area (Å²) in [6.45, 7) is 4.77. The molecule has 1 aromatic carbocycles. The van der Waals surface area contributed by atoms with Gasteiger partial charge in [0.1, 0.15) is 6.04 Å². The summed E-state index contributed by atoms with van der Waals surface area (Å²) >= 11 is 6.08. The summed E-state index contributed by atoms with van der Waals surface area (Å²) in [5.74, 6) is -1.56. The topological polar surface area (TPSA) is 98.7 Å². The smallest absolute Gasteiger partial charge is 0.326 e. The number of carboxylic acid groups (broad SMARTS) is 1. The molecule has 3 N–H and O–H groups in total. The van der Waals surface area contributed by atoms with E-state index in [1.807, 2.05) is 13.8 Å². The van der Waals surface area contributed by atoms with Gasteiger partial charge in [0.2, 0.25) is 0 Å². The molecule has 1 heterocycles. The number of carbonyl (C=O) groups is 3. The van der Waals surface area contributed by atoms with Gasteiger partial charge in [-0.25, -0.2) is 9.59 Å². The minimum absolute atomic E-state index is 0.113. The third-order valence-corrected chi connectivity index (χ3v) is 4.00. The van der Waals surface area contributed by atoms with E-state index in [4.69, 9.17) is 11.6 Å². The van der Waals surface area contributed by atoms with Gasteiger partial charge in [-0.1, -0.05) is 25.4 Å². The van der Waals surface area contributed by atoms with Crippen LogP contribution in [-0.2, 0) is 4.79 Å². The van der Waals surface area contributed by atoms with E-state index in [0.29, 0.717) is 25.2 Å². The van der Waals surface area contributed by atoms with Gasteiger partial charge in [0.15, 0.2) is 0 Å². The van der Waals surface area contributed by atoms with Gasteiger partial charge in [0.05, 0.1) is 10.6 Å². The van der Waals surface area contributed by atoms with Gasteiger partial charge in [0.25, 0.3) is 5.91 Å². The van der Waals surface area contributed by atoms with Crippen molar-refractivity contribution in [3.05, 3.63) is 28.8 Å². The lowest BCUT2D eigenvalue weighted by atomic mass is 10.0. The Kier molecular flexibility index (Phi) is 5.66. The first kappa shape index (κ1) is 18.1. The Morgan fingerprint density at radius 2 is 2.12 bits per heavy atom. The lowest BCUT2D eigenvalue weighted by Crippen LogP contribution is -2.41. The number of halogens is 1. The minimum Gasteiger partial charge on any atom is -0.480 e. The molecule has 24 heavy (non-hydrogen) atoms. The maximum atomic E-state index is 12.4. The van der Waals surface area contributed by atoms with Crippen molar-refractivity contribution >= 4 is 35.2 Å². The molecule has 0 saturated carbocycles. The maximum Gasteiger partial charge on any atom is 0.326 e. The molecule has 3 amide bonds. The fraction of sp³-hybridized carbons (Fsp3) is 0.438. The fourth-order valence-electron chi connectivity index (χ4n) is 2.50. The molecule has 0 aromatic heterocycles. The average molecular weight is 354 g/mol. The molecule has 0 spiro atoms. The van der Waals surface area contributed by atoms with Crippen LogP contribution in [-0.4, -0.2) is 42.1 Å². The number of benzene rings is 1. The normalized spacial score (nSPS) is 15.3. The second-order valence-corrected chi connectivity index (χ2v) is 6.45. The van der Waals surface area contributed by atoms with Gasteiger partial charge in [-0.05, 0) is 30.5 Å². The highest BCUT2D eigenvalue weighted by molar-refractivity contribution is 6.34. The van der Waals surface area contributed by atoms with Crippen LogP contribution in [0.5, 0.6) is 0 Å². The number of carboxylic acids is 1. The Labute approximate surface area is 145 Å². The molecule has 7 nitrogen and oxygen atoms in total. The fourth-order valence-corrected chi connectivity index (χ4v) is 2.71. The Hall–Kier alpha value is -2.28. The van der Waals surface area contributed by atoms with Crippen LogP contribution in [0.3, 0.4) is 0 Å². The predicted molar refractivity (Wildman–Crippen MR) is 90.5 cm³/mol. The second-order valence-electron chi connectivity index (χ2n) is 6.04. The number of nitrogens with one attached hydrogen (secondary N) is 2. The summed E-state index contributed by atoms with van der Waals surface area (Å²) in [6.07, 6.45) is 0.312. The second kappa shape index (κ2) is 7.53. The quantitative estimate of drug-likeness (QED) is 0.729. The summed E-state index contributed by atoms with van der Waals surface area (Å²) in [6, 6.07) is 3.43. The van der Waals surface area contributed by atoms with E-state index >= 15 is 0 Å². The molecule has 0 bridgehead atoms. The molecule has 1 aromatic rings. The van der Waals surface area contributed by atoms with Gasteiger partial charge in [-0.3, -0.25) is 9.69 Å². The SMILES string of the molecule is CC(C)C[C@H](NC(=O)c1cc(N2CCNC2=O)ccc1Cl)C(=O)O. The van der Waals surface area contributed by atoms with Crippen molar-refractivity contribution in [2.45, 2.75) is 26.3 Å². The number of hydrogen-bond donors (Lipinski definition) is 3. The Morgan fingerprint density at radius 3 is 2.67 bits per heavy atom. The Morgan fingerprint density at radius 1 is 1.42 bits per heavy atom. The molecule has 1 aliphatic heterocycles. The van der Waals surface area contributed by atoms with Crippen molar-refractivity contribution in [1.29, 1.82) is 0 Å². The lowest BCUT2D eigenvalue weighted by Gasteiger charge is -2.19. The van der Waals surface area contributed by atoms with Crippen LogP contribution in [0.2, 0.25) is 5.02 Å². The minimum atomic E-state index is -1.09. The zero-order valence-electron chi connectivity index (χ0n) is 13.5. The highest BCUT2D eigenvalue weighted by atomic mass is 35.5. The molecule has 130 valence electrons. The Bertz CT molecular complexity index is 663. The largest absolute Gasteiger partial charge is 0.480 e.